The molecule has 11 heavy (non-hydrogen) atoms. The average Bonchev–Trinajstić information content (AvgIpc) is 1.49. The average molecular weight is 151 g/mol. The zero-order valence-corrected chi connectivity index (χ0v) is 8.20. The Labute approximate surface area is 70.7 Å². The van der Waals surface area contributed by atoms with E-state index in [9.17, 15) is 0 Å². The Morgan fingerprint density at radius 3 is 1.64 bits per heavy atom. The molecule has 0 aromatic carbocycles. The SMILES string of the molecule is [CH]=C1CC(C)(C)CC(C)(C)C1. The van der Waals surface area contributed by atoms with Gasteiger partial charge in [-0.3, -0.25) is 0 Å². The second-order valence-corrected chi connectivity index (χ2v) is 5.52. The number of rotatable bonds is 0. The fourth-order valence-corrected chi connectivity index (χ4v) is 2.71. The summed E-state index contributed by atoms with van der Waals surface area (Å²) in [7, 11) is 0. The Kier molecular flexibility index (Phi) is 1.90. The van der Waals surface area contributed by atoms with Crippen molar-refractivity contribution in [1.29, 1.82) is 0 Å². The fraction of sp³-hybridized carbons (Fsp3) is 0.818. The molecule has 0 spiro atoms. The van der Waals surface area contributed by atoms with E-state index in [2.05, 4.69) is 27.7 Å². The summed E-state index contributed by atoms with van der Waals surface area (Å²) in [6, 6.07) is 0. The third-order valence-electron chi connectivity index (χ3n) is 2.37. The van der Waals surface area contributed by atoms with Crippen molar-refractivity contribution in [2.75, 3.05) is 0 Å². The van der Waals surface area contributed by atoms with Crippen LogP contribution in [0.3, 0.4) is 0 Å². The maximum atomic E-state index is 5.90. The van der Waals surface area contributed by atoms with Crippen molar-refractivity contribution in [3.63, 3.8) is 0 Å². The van der Waals surface area contributed by atoms with Gasteiger partial charge in [0.1, 0.15) is 0 Å². The van der Waals surface area contributed by atoms with Crippen molar-refractivity contribution in [2.45, 2.75) is 47.0 Å². The first-order valence-corrected chi connectivity index (χ1v) is 4.41. The van der Waals surface area contributed by atoms with Gasteiger partial charge >= 0.3 is 0 Å². The summed E-state index contributed by atoms with van der Waals surface area (Å²) < 4.78 is 0. The van der Waals surface area contributed by atoms with Crippen LogP contribution in [0.1, 0.15) is 47.0 Å². The molecule has 1 rings (SSSR count). The maximum absolute atomic E-state index is 5.90. The van der Waals surface area contributed by atoms with Gasteiger partial charge in [-0.2, -0.15) is 0 Å². The van der Waals surface area contributed by atoms with E-state index in [-0.39, 0.29) is 0 Å². The predicted octanol–water partition coefficient (Wildman–Crippen LogP) is 3.58. The van der Waals surface area contributed by atoms with E-state index in [4.69, 9.17) is 6.58 Å². The molecule has 0 atom stereocenters. The molecule has 0 saturated heterocycles. The highest BCUT2D eigenvalue weighted by Crippen LogP contribution is 2.47. The smallest absolute Gasteiger partial charge is 0.0265 e. The van der Waals surface area contributed by atoms with E-state index >= 15 is 0 Å². The lowest BCUT2D eigenvalue weighted by Gasteiger charge is -2.41. The summed E-state index contributed by atoms with van der Waals surface area (Å²) in [5.74, 6) is 0. The molecule has 1 aliphatic rings. The van der Waals surface area contributed by atoms with E-state index in [1.807, 2.05) is 0 Å². The van der Waals surface area contributed by atoms with Gasteiger partial charge in [0, 0.05) is 0 Å². The topological polar surface area (TPSA) is 0 Å². The quantitative estimate of drug-likeness (QED) is 0.496. The summed E-state index contributed by atoms with van der Waals surface area (Å²) in [5.41, 5.74) is 2.03. The lowest BCUT2D eigenvalue weighted by Crippen LogP contribution is -2.29. The molecule has 0 N–H and O–H groups in total. The van der Waals surface area contributed by atoms with Crippen LogP contribution in [0.25, 0.3) is 0 Å². The highest BCUT2D eigenvalue weighted by molar-refractivity contribution is 5.05. The molecule has 0 aliphatic heterocycles. The molecule has 1 radical (unpaired) electrons. The summed E-state index contributed by atoms with van der Waals surface area (Å²) in [4.78, 5) is 0. The molecule has 0 nitrogen and oxygen atoms in total. The van der Waals surface area contributed by atoms with Crippen LogP contribution >= 0.6 is 0 Å². The van der Waals surface area contributed by atoms with Gasteiger partial charge in [0.2, 0.25) is 0 Å². The second-order valence-electron chi connectivity index (χ2n) is 5.52. The third-order valence-corrected chi connectivity index (χ3v) is 2.37. The highest BCUT2D eigenvalue weighted by Gasteiger charge is 2.34. The van der Waals surface area contributed by atoms with Crippen molar-refractivity contribution in [3.05, 3.63) is 12.2 Å². The Bertz CT molecular complexity index is 154. The van der Waals surface area contributed by atoms with Crippen LogP contribution in [-0.2, 0) is 0 Å². The first-order chi connectivity index (χ1) is 4.81. The Balaban J connectivity index is 2.74. The molecule has 0 aromatic heterocycles. The zero-order valence-electron chi connectivity index (χ0n) is 8.20. The molecular formula is C11H19. The van der Waals surface area contributed by atoms with Gasteiger partial charge in [0.15, 0.2) is 0 Å². The van der Waals surface area contributed by atoms with Gasteiger partial charge in [0.05, 0.1) is 0 Å². The van der Waals surface area contributed by atoms with Gasteiger partial charge < -0.3 is 0 Å². The van der Waals surface area contributed by atoms with Crippen molar-refractivity contribution in [1.82, 2.24) is 0 Å². The normalized spacial score (nSPS) is 28.5. The molecule has 63 valence electrons. The van der Waals surface area contributed by atoms with E-state index in [1.165, 1.54) is 12.0 Å². The maximum Gasteiger partial charge on any atom is -0.0265 e. The van der Waals surface area contributed by atoms with Crippen molar-refractivity contribution in [3.8, 4) is 0 Å². The van der Waals surface area contributed by atoms with E-state index in [0.29, 0.717) is 10.8 Å². The highest BCUT2D eigenvalue weighted by atomic mass is 14.4. The van der Waals surface area contributed by atoms with Gasteiger partial charge in [-0.1, -0.05) is 39.8 Å². The standard InChI is InChI=1S/C11H19/c1-9-6-10(2,3)8-11(4,5)7-9/h1H,6-8H2,2-5H3. The molecular weight excluding hydrogens is 132 g/mol. The van der Waals surface area contributed by atoms with Gasteiger partial charge in [-0.05, 0) is 30.1 Å². The lowest BCUT2D eigenvalue weighted by molar-refractivity contribution is 0.154. The summed E-state index contributed by atoms with van der Waals surface area (Å²) in [5, 5.41) is 0. The molecule has 0 heteroatoms. The first kappa shape index (κ1) is 8.83. The lowest BCUT2D eigenvalue weighted by atomic mass is 9.64. The molecule has 1 aliphatic carbocycles. The number of allylic oxidation sites excluding steroid dienone is 1. The van der Waals surface area contributed by atoms with Crippen LogP contribution in [0, 0.1) is 17.4 Å². The monoisotopic (exact) mass is 151 g/mol. The van der Waals surface area contributed by atoms with Crippen molar-refractivity contribution < 1.29 is 0 Å². The minimum Gasteiger partial charge on any atom is -0.0692 e. The second kappa shape index (κ2) is 2.36. The molecule has 0 bridgehead atoms. The van der Waals surface area contributed by atoms with E-state index in [0.717, 1.165) is 12.8 Å². The van der Waals surface area contributed by atoms with Gasteiger partial charge in [-0.15, -0.1) is 0 Å². The van der Waals surface area contributed by atoms with Crippen LogP contribution in [0.5, 0.6) is 0 Å². The molecule has 1 saturated carbocycles. The van der Waals surface area contributed by atoms with E-state index in [1.54, 1.807) is 0 Å². The fourth-order valence-electron chi connectivity index (χ4n) is 2.71. The van der Waals surface area contributed by atoms with Crippen molar-refractivity contribution >= 4 is 0 Å². The van der Waals surface area contributed by atoms with Gasteiger partial charge in [0.25, 0.3) is 0 Å². The minimum absolute atomic E-state index is 0.422. The van der Waals surface area contributed by atoms with Crippen LogP contribution in [0.4, 0.5) is 0 Å². The van der Waals surface area contributed by atoms with Crippen LogP contribution in [0.15, 0.2) is 5.57 Å². The Morgan fingerprint density at radius 2 is 1.36 bits per heavy atom. The molecule has 0 unspecified atom stereocenters. The Morgan fingerprint density at radius 1 is 1.00 bits per heavy atom. The Hall–Kier alpha value is -0.260. The minimum atomic E-state index is 0.422. The predicted molar refractivity (Wildman–Crippen MR) is 49.2 cm³/mol. The molecule has 1 fully saturated rings. The molecule has 0 amide bonds. The van der Waals surface area contributed by atoms with Crippen LogP contribution < -0.4 is 0 Å². The first-order valence-electron chi connectivity index (χ1n) is 4.41. The molecule has 0 aromatic rings. The van der Waals surface area contributed by atoms with Crippen LogP contribution in [0.2, 0.25) is 0 Å². The van der Waals surface area contributed by atoms with Crippen LogP contribution in [-0.4, -0.2) is 0 Å². The zero-order chi connectivity index (χ0) is 8.70. The third kappa shape index (κ3) is 2.36. The number of hydrogen-bond acceptors (Lipinski definition) is 0. The number of hydrogen-bond donors (Lipinski definition) is 0. The largest absolute Gasteiger partial charge is 0.0692 e. The summed E-state index contributed by atoms with van der Waals surface area (Å²) in [6.45, 7) is 15.1. The van der Waals surface area contributed by atoms with Crippen molar-refractivity contribution in [2.24, 2.45) is 10.8 Å². The summed E-state index contributed by atoms with van der Waals surface area (Å²) in [6.07, 6.45) is 3.51. The summed E-state index contributed by atoms with van der Waals surface area (Å²) >= 11 is 0. The molecule has 0 heterocycles. The van der Waals surface area contributed by atoms with E-state index < -0.39 is 0 Å². The van der Waals surface area contributed by atoms with Gasteiger partial charge in [-0.25, -0.2) is 0 Å².